The Morgan fingerprint density at radius 2 is 1.38 bits per heavy atom. The molecule has 3 aromatic rings. The van der Waals surface area contributed by atoms with E-state index in [0.29, 0.717) is 5.56 Å². The van der Waals surface area contributed by atoms with Gasteiger partial charge in [-0.25, -0.2) is 4.79 Å². The number of hydrogen-bond acceptors (Lipinski definition) is 9. The minimum atomic E-state index is -1.03. The minimum absolute atomic E-state index is 0.0528. The van der Waals surface area contributed by atoms with E-state index >= 15 is 0 Å². The first-order valence-electron chi connectivity index (χ1n) is 9.52. The Hall–Kier alpha value is -5.26. The van der Waals surface area contributed by atoms with Gasteiger partial charge in [0.25, 0.3) is 23.2 Å². The topological polar surface area (TPSA) is 162 Å². The Balaban J connectivity index is 1.47. The number of hydrogen-bond donors (Lipinski definition) is 0. The van der Waals surface area contributed by atoms with E-state index in [0.717, 1.165) is 23.2 Å². The summed E-state index contributed by atoms with van der Waals surface area (Å²) in [6, 6.07) is 14.6. The summed E-state index contributed by atoms with van der Waals surface area (Å²) in [4.78, 5) is 57.2. The number of hydrazone groups is 1. The zero-order valence-corrected chi connectivity index (χ0v) is 17.0. The lowest BCUT2D eigenvalue weighted by Crippen LogP contribution is -2.23. The molecular weight excluding hydrogens is 448 g/mol. The second-order valence-corrected chi connectivity index (χ2v) is 6.92. The van der Waals surface area contributed by atoms with Gasteiger partial charge in [0.15, 0.2) is 0 Å². The molecule has 168 valence electrons. The van der Waals surface area contributed by atoms with Crippen molar-refractivity contribution in [3.8, 4) is 5.75 Å². The minimum Gasteiger partial charge on any atom is -0.423 e. The van der Waals surface area contributed by atoms with Crippen LogP contribution in [0.4, 0.5) is 11.4 Å². The lowest BCUT2D eigenvalue weighted by atomic mass is 10.1. The third-order valence-electron chi connectivity index (χ3n) is 4.75. The molecule has 0 fully saturated rings. The van der Waals surface area contributed by atoms with Crippen molar-refractivity contribution < 1.29 is 29.0 Å². The highest BCUT2D eigenvalue weighted by Crippen LogP contribution is 2.25. The molecule has 0 saturated carbocycles. The van der Waals surface area contributed by atoms with E-state index < -0.39 is 39.0 Å². The van der Waals surface area contributed by atoms with E-state index in [1.54, 1.807) is 12.1 Å². The number of rotatable bonds is 6. The fourth-order valence-electron chi connectivity index (χ4n) is 3.12. The van der Waals surface area contributed by atoms with Crippen molar-refractivity contribution in [1.82, 2.24) is 5.01 Å². The summed E-state index contributed by atoms with van der Waals surface area (Å²) in [5, 5.41) is 26.6. The predicted molar refractivity (Wildman–Crippen MR) is 116 cm³/mol. The van der Waals surface area contributed by atoms with Crippen LogP contribution in [0.15, 0.2) is 71.8 Å². The van der Waals surface area contributed by atoms with E-state index in [1.807, 2.05) is 0 Å². The standard InChI is InChI=1S/C22H12N4O8/c27-20-18-3-1-2-4-19(18)21(28)24(20)23-12-13-5-7-17(8-6-13)34-22(29)14-9-15(25(30)31)11-16(10-14)26(32)33/h1-12H. The number of carbonyl (C=O) groups is 3. The summed E-state index contributed by atoms with van der Waals surface area (Å²) in [7, 11) is 0. The molecule has 0 bridgehead atoms. The first kappa shape index (κ1) is 22.0. The molecule has 1 heterocycles. The number of fused-ring (bicyclic) bond motifs is 1. The van der Waals surface area contributed by atoms with Crippen LogP contribution in [-0.2, 0) is 0 Å². The molecule has 0 atom stereocenters. The normalized spacial score (nSPS) is 12.6. The van der Waals surface area contributed by atoms with Crippen LogP contribution in [0.1, 0.15) is 36.6 Å². The number of benzene rings is 3. The SMILES string of the molecule is O=C(Oc1ccc(C=NN2C(=O)c3ccccc3C2=O)cc1)c1cc([N+](=O)[O-])cc([N+](=O)[O-])c1. The number of ether oxygens (including phenoxy) is 1. The summed E-state index contributed by atoms with van der Waals surface area (Å²) < 4.78 is 5.13. The first-order valence-corrected chi connectivity index (χ1v) is 9.52. The molecule has 0 spiro atoms. The molecule has 12 heteroatoms. The van der Waals surface area contributed by atoms with Crippen LogP contribution in [0.3, 0.4) is 0 Å². The lowest BCUT2D eigenvalue weighted by Gasteiger charge is -2.06. The van der Waals surface area contributed by atoms with E-state index in [1.165, 1.54) is 42.6 Å². The van der Waals surface area contributed by atoms with Gasteiger partial charge in [0.1, 0.15) is 5.75 Å². The van der Waals surface area contributed by atoms with Crippen LogP contribution < -0.4 is 4.74 Å². The smallest absolute Gasteiger partial charge is 0.344 e. The Morgan fingerprint density at radius 1 is 0.853 bits per heavy atom. The number of carbonyl (C=O) groups excluding carboxylic acids is 3. The molecule has 12 nitrogen and oxygen atoms in total. The van der Waals surface area contributed by atoms with Gasteiger partial charge < -0.3 is 4.74 Å². The van der Waals surface area contributed by atoms with Gasteiger partial charge in [-0.15, -0.1) is 0 Å². The highest BCUT2D eigenvalue weighted by atomic mass is 16.6. The largest absolute Gasteiger partial charge is 0.423 e. The van der Waals surface area contributed by atoms with E-state index in [4.69, 9.17) is 4.74 Å². The summed E-state index contributed by atoms with van der Waals surface area (Å²) in [6.45, 7) is 0. The average Bonchev–Trinajstić information content (AvgIpc) is 3.08. The van der Waals surface area contributed by atoms with E-state index in [9.17, 15) is 34.6 Å². The molecule has 0 unspecified atom stereocenters. The van der Waals surface area contributed by atoms with Crippen LogP contribution in [0, 0.1) is 20.2 Å². The third kappa shape index (κ3) is 4.23. The predicted octanol–water partition coefficient (Wildman–Crippen LogP) is 3.35. The van der Waals surface area contributed by atoms with Crippen LogP contribution in [0.5, 0.6) is 5.75 Å². The van der Waals surface area contributed by atoms with Gasteiger partial charge in [-0.2, -0.15) is 10.1 Å². The Labute approximate surface area is 190 Å². The van der Waals surface area contributed by atoms with E-state index in [-0.39, 0.29) is 22.4 Å². The molecule has 3 aromatic carbocycles. The van der Waals surface area contributed by atoms with Crippen LogP contribution >= 0.6 is 0 Å². The highest BCUT2D eigenvalue weighted by molar-refractivity contribution is 6.21. The number of amides is 2. The number of nitro benzene ring substituents is 2. The average molecular weight is 460 g/mol. The second-order valence-electron chi connectivity index (χ2n) is 6.92. The van der Waals surface area contributed by atoms with Gasteiger partial charge in [-0.1, -0.05) is 12.1 Å². The molecule has 0 radical (unpaired) electrons. The number of esters is 1. The zero-order valence-electron chi connectivity index (χ0n) is 17.0. The molecule has 34 heavy (non-hydrogen) atoms. The Morgan fingerprint density at radius 3 is 1.88 bits per heavy atom. The molecule has 4 rings (SSSR count). The van der Waals surface area contributed by atoms with E-state index in [2.05, 4.69) is 5.10 Å². The van der Waals surface area contributed by atoms with Crippen molar-refractivity contribution in [2.75, 3.05) is 0 Å². The van der Waals surface area contributed by atoms with Crippen LogP contribution in [0.25, 0.3) is 0 Å². The molecule has 0 N–H and O–H groups in total. The maximum absolute atomic E-state index is 12.4. The van der Waals surface area contributed by atoms with Crippen molar-refractivity contribution in [3.05, 3.63) is 109 Å². The molecule has 0 aliphatic carbocycles. The highest BCUT2D eigenvalue weighted by Gasteiger charge is 2.35. The van der Waals surface area contributed by atoms with Gasteiger partial charge in [0, 0.05) is 12.1 Å². The summed E-state index contributed by atoms with van der Waals surface area (Å²) in [5.74, 6) is -2.07. The van der Waals surface area contributed by atoms with Crippen molar-refractivity contribution >= 4 is 35.4 Å². The molecule has 1 aliphatic heterocycles. The molecule has 2 amide bonds. The summed E-state index contributed by atoms with van der Waals surface area (Å²) in [6.07, 6.45) is 1.27. The Kier molecular flexibility index (Phi) is 5.62. The number of imide groups is 1. The van der Waals surface area contributed by atoms with Crippen molar-refractivity contribution in [2.24, 2.45) is 5.10 Å². The number of non-ortho nitro benzene ring substituents is 2. The van der Waals surface area contributed by atoms with Gasteiger partial charge in [-0.05, 0) is 42.0 Å². The quantitative estimate of drug-likeness (QED) is 0.135. The third-order valence-corrected chi connectivity index (χ3v) is 4.75. The van der Waals surface area contributed by atoms with Crippen LogP contribution in [-0.4, -0.2) is 38.9 Å². The maximum Gasteiger partial charge on any atom is 0.344 e. The lowest BCUT2D eigenvalue weighted by molar-refractivity contribution is -0.394. The number of nitrogens with zero attached hydrogens (tertiary/aromatic N) is 4. The van der Waals surface area contributed by atoms with Crippen molar-refractivity contribution in [3.63, 3.8) is 0 Å². The van der Waals surface area contributed by atoms with Crippen molar-refractivity contribution in [2.45, 2.75) is 0 Å². The maximum atomic E-state index is 12.4. The second kappa shape index (κ2) is 8.70. The summed E-state index contributed by atoms with van der Waals surface area (Å²) in [5.41, 5.74) is -0.622. The molecule has 1 aliphatic rings. The van der Waals surface area contributed by atoms with Crippen LogP contribution in [0.2, 0.25) is 0 Å². The summed E-state index contributed by atoms with van der Waals surface area (Å²) >= 11 is 0. The molecular formula is C22H12N4O8. The monoisotopic (exact) mass is 460 g/mol. The van der Waals surface area contributed by atoms with Crippen molar-refractivity contribution in [1.29, 1.82) is 0 Å². The molecule has 0 aromatic heterocycles. The number of nitro groups is 2. The fraction of sp³-hybridized carbons (Fsp3) is 0. The van der Waals surface area contributed by atoms with Gasteiger partial charge >= 0.3 is 5.97 Å². The molecule has 0 saturated heterocycles. The van der Waals surface area contributed by atoms with Gasteiger partial charge in [0.2, 0.25) is 0 Å². The fourth-order valence-corrected chi connectivity index (χ4v) is 3.12. The van der Waals surface area contributed by atoms with Gasteiger partial charge in [0.05, 0.1) is 38.8 Å². The van der Waals surface area contributed by atoms with Gasteiger partial charge in [-0.3, -0.25) is 29.8 Å². The first-order chi connectivity index (χ1) is 16.2. The zero-order chi connectivity index (χ0) is 24.4. The Bertz CT molecular complexity index is 1330.